The van der Waals surface area contributed by atoms with Gasteiger partial charge in [0.1, 0.15) is 0 Å². The number of rotatable bonds is 3. The molecular formula is C12H14ClNO4S. The lowest BCUT2D eigenvalue weighted by Crippen LogP contribution is -2.22. The van der Waals surface area contributed by atoms with Crippen LogP contribution in [0.25, 0.3) is 0 Å². The third kappa shape index (κ3) is 3.39. The molecule has 1 aromatic rings. The fourth-order valence-corrected chi connectivity index (χ4v) is 3.90. The number of anilines is 1. The van der Waals surface area contributed by atoms with Gasteiger partial charge in [-0.2, -0.15) is 0 Å². The molecule has 1 saturated heterocycles. The van der Waals surface area contributed by atoms with Crippen LogP contribution in [0.1, 0.15) is 16.8 Å². The Balaban J connectivity index is 2.23. The van der Waals surface area contributed by atoms with Gasteiger partial charge in [-0.15, -0.1) is 0 Å². The molecule has 104 valence electrons. The number of methoxy groups -OCH3 is 1. The maximum absolute atomic E-state index is 11.6. The first-order valence-corrected chi connectivity index (χ1v) is 7.96. The first-order chi connectivity index (χ1) is 8.91. The molecule has 0 saturated carbocycles. The van der Waals surface area contributed by atoms with Crippen molar-refractivity contribution in [2.45, 2.75) is 12.5 Å². The summed E-state index contributed by atoms with van der Waals surface area (Å²) in [6.07, 6.45) is 0.533. The van der Waals surface area contributed by atoms with E-state index in [2.05, 4.69) is 10.1 Å². The monoisotopic (exact) mass is 303 g/mol. The van der Waals surface area contributed by atoms with Crippen LogP contribution in [0.3, 0.4) is 0 Å². The minimum absolute atomic E-state index is 0.0796. The lowest BCUT2D eigenvalue weighted by atomic mass is 10.1. The van der Waals surface area contributed by atoms with Gasteiger partial charge in [0.05, 0.1) is 24.2 Å². The number of sulfone groups is 1. The molecule has 1 atom stereocenters. The van der Waals surface area contributed by atoms with Gasteiger partial charge in [0.15, 0.2) is 9.84 Å². The molecule has 19 heavy (non-hydrogen) atoms. The molecule has 5 nitrogen and oxygen atoms in total. The van der Waals surface area contributed by atoms with Crippen LogP contribution >= 0.6 is 11.6 Å². The zero-order valence-electron chi connectivity index (χ0n) is 10.3. The maximum atomic E-state index is 11.6. The highest BCUT2D eigenvalue weighted by Gasteiger charge is 2.28. The Labute approximate surface area is 116 Å². The van der Waals surface area contributed by atoms with E-state index < -0.39 is 15.8 Å². The highest BCUT2D eigenvalue weighted by Crippen LogP contribution is 2.24. The molecule has 2 rings (SSSR count). The Morgan fingerprint density at radius 2 is 2.21 bits per heavy atom. The summed E-state index contributed by atoms with van der Waals surface area (Å²) < 4.78 is 27.5. The van der Waals surface area contributed by atoms with Gasteiger partial charge in [-0.25, -0.2) is 13.2 Å². The highest BCUT2D eigenvalue weighted by molar-refractivity contribution is 7.91. The smallest absolute Gasteiger partial charge is 0.340 e. The fraction of sp³-hybridized carbons (Fsp3) is 0.417. The van der Waals surface area contributed by atoms with E-state index in [1.807, 2.05) is 0 Å². The number of benzene rings is 1. The van der Waals surface area contributed by atoms with Gasteiger partial charge in [0.2, 0.25) is 0 Å². The Morgan fingerprint density at radius 1 is 1.47 bits per heavy atom. The molecule has 1 unspecified atom stereocenters. The van der Waals surface area contributed by atoms with Crippen molar-refractivity contribution >= 4 is 33.1 Å². The molecule has 1 aromatic carbocycles. The van der Waals surface area contributed by atoms with Crippen molar-refractivity contribution < 1.29 is 17.9 Å². The van der Waals surface area contributed by atoms with E-state index >= 15 is 0 Å². The van der Waals surface area contributed by atoms with E-state index in [1.165, 1.54) is 13.2 Å². The second-order valence-corrected chi connectivity index (χ2v) is 7.09. The number of carbonyl (C=O) groups is 1. The van der Waals surface area contributed by atoms with Crippen LogP contribution in [-0.4, -0.2) is 39.0 Å². The Kier molecular flexibility index (Phi) is 4.01. The molecule has 1 heterocycles. The number of halogens is 1. The van der Waals surface area contributed by atoms with Crippen LogP contribution in [0, 0.1) is 0 Å². The zero-order valence-corrected chi connectivity index (χ0v) is 11.9. The van der Waals surface area contributed by atoms with E-state index in [0.29, 0.717) is 22.7 Å². The average Bonchev–Trinajstić information content (AvgIpc) is 2.70. The third-order valence-corrected chi connectivity index (χ3v) is 4.98. The Morgan fingerprint density at radius 3 is 2.79 bits per heavy atom. The number of hydrogen-bond acceptors (Lipinski definition) is 5. The summed E-state index contributed by atoms with van der Waals surface area (Å²) in [6, 6.07) is 4.60. The van der Waals surface area contributed by atoms with Crippen LogP contribution in [0.4, 0.5) is 5.69 Å². The molecule has 0 bridgehead atoms. The van der Waals surface area contributed by atoms with Gasteiger partial charge in [-0.05, 0) is 24.6 Å². The Bertz CT molecular complexity index is 600. The molecule has 1 N–H and O–H groups in total. The van der Waals surface area contributed by atoms with Gasteiger partial charge < -0.3 is 10.1 Å². The number of esters is 1. The van der Waals surface area contributed by atoms with Gasteiger partial charge >= 0.3 is 5.97 Å². The van der Waals surface area contributed by atoms with Crippen LogP contribution in [0.2, 0.25) is 5.02 Å². The SMILES string of the molecule is COC(=O)c1cc(Cl)ccc1NC1CCS(=O)(=O)C1. The largest absolute Gasteiger partial charge is 0.465 e. The van der Waals surface area contributed by atoms with Crippen LogP contribution < -0.4 is 5.32 Å². The van der Waals surface area contributed by atoms with Crippen LogP contribution in [-0.2, 0) is 14.6 Å². The van der Waals surface area contributed by atoms with Crippen molar-refractivity contribution in [1.29, 1.82) is 0 Å². The average molecular weight is 304 g/mol. The predicted molar refractivity (Wildman–Crippen MR) is 73.5 cm³/mol. The summed E-state index contributed by atoms with van der Waals surface area (Å²) >= 11 is 5.85. The number of hydrogen-bond donors (Lipinski definition) is 1. The first kappa shape index (κ1) is 14.1. The maximum Gasteiger partial charge on any atom is 0.340 e. The van der Waals surface area contributed by atoms with Crippen molar-refractivity contribution in [2.24, 2.45) is 0 Å². The fourth-order valence-electron chi connectivity index (χ4n) is 2.05. The van der Waals surface area contributed by atoms with Gasteiger partial charge in [0.25, 0.3) is 0 Å². The van der Waals surface area contributed by atoms with E-state index in [4.69, 9.17) is 11.6 Å². The minimum atomic E-state index is -2.97. The quantitative estimate of drug-likeness (QED) is 0.861. The molecule has 0 aliphatic carbocycles. The predicted octanol–water partition coefficient (Wildman–Crippen LogP) is 1.73. The van der Waals surface area contributed by atoms with E-state index in [0.717, 1.165) is 0 Å². The summed E-state index contributed by atoms with van der Waals surface area (Å²) in [5.74, 6) is -0.256. The summed E-state index contributed by atoms with van der Waals surface area (Å²) in [5, 5.41) is 3.49. The molecule has 1 aliphatic rings. The lowest BCUT2D eigenvalue weighted by molar-refractivity contribution is 0.0602. The van der Waals surface area contributed by atoms with Crippen molar-refractivity contribution in [1.82, 2.24) is 0 Å². The van der Waals surface area contributed by atoms with Crippen LogP contribution in [0.15, 0.2) is 18.2 Å². The number of ether oxygens (including phenoxy) is 1. The number of carbonyl (C=O) groups excluding carboxylic acids is 1. The van der Waals surface area contributed by atoms with Crippen molar-refractivity contribution in [3.63, 3.8) is 0 Å². The molecule has 1 aliphatic heterocycles. The topological polar surface area (TPSA) is 72.5 Å². The second-order valence-electron chi connectivity index (χ2n) is 4.43. The van der Waals surface area contributed by atoms with Crippen molar-refractivity contribution in [3.8, 4) is 0 Å². The minimum Gasteiger partial charge on any atom is -0.465 e. The standard InChI is InChI=1S/C12H14ClNO4S/c1-18-12(15)10-6-8(13)2-3-11(10)14-9-4-5-19(16,17)7-9/h2-3,6,9,14H,4-5,7H2,1H3. The number of nitrogens with one attached hydrogen (secondary N) is 1. The van der Waals surface area contributed by atoms with Gasteiger partial charge in [-0.3, -0.25) is 0 Å². The molecular weight excluding hydrogens is 290 g/mol. The van der Waals surface area contributed by atoms with Crippen molar-refractivity contribution in [3.05, 3.63) is 28.8 Å². The van der Waals surface area contributed by atoms with Crippen LogP contribution in [0.5, 0.6) is 0 Å². The summed E-state index contributed by atoms with van der Waals surface area (Å²) in [6.45, 7) is 0. The highest BCUT2D eigenvalue weighted by atomic mass is 35.5. The third-order valence-electron chi connectivity index (χ3n) is 2.98. The lowest BCUT2D eigenvalue weighted by Gasteiger charge is -2.15. The molecule has 1 fully saturated rings. The molecule has 7 heteroatoms. The van der Waals surface area contributed by atoms with E-state index in [1.54, 1.807) is 12.1 Å². The van der Waals surface area contributed by atoms with E-state index in [-0.39, 0.29) is 17.5 Å². The summed E-state index contributed by atoms with van der Waals surface area (Å²) in [5.41, 5.74) is 0.845. The molecule has 0 radical (unpaired) electrons. The molecule has 0 spiro atoms. The van der Waals surface area contributed by atoms with Gasteiger partial charge in [-0.1, -0.05) is 11.6 Å². The Hall–Kier alpha value is -1.27. The van der Waals surface area contributed by atoms with Crippen molar-refractivity contribution in [2.75, 3.05) is 23.9 Å². The molecule has 0 aromatic heterocycles. The normalized spacial score (nSPS) is 21.1. The first-order valence-electron chi connectivity index (χ1n) is 5.76. The van der Waals surface area contributed by atoms with Gasteiger partial charge in [0, 0.05) is 16.8 Å². The summed E-state index contributed by atoms with van der Waals surface area (Å²) in [4.78, 5) is 11.6. The second kappa shape index (κ2) is 5.38. The molecule has 0 amide bonds. The summed E-state index contributed by atoms with van der Waals surface area (Å²) in [7, 11) is -1.68. The van der Waals surface area contributed by atoms with E-state index in [9.17, 15) is 13.2 Å². The zero-order chi connectivity index (χ0) is 14.0.